The van der Waals surface area contributed by atoms with Gasteiger partial charge >= 0.3 is 12.9 Å². The van der Waals surface area contributed by atoms with Crippen LogP contribution in [0, 0.1) is 0 Å². The summed E-state index contributed by atoms with van der Waals surface area (Å²) >= 11 is 6.24. The zero-order chi connectivity index (χ0) is 31.3. The molecule has 0 spiro atoms. The molecule has 2 aliphatic heterocycles. The minimum atomic E-state index is -3.59. The van der Waals surface area contributed by atoms with Crippen molar-refractivity contribution < 1.29 is 23.4 Å². The van der Waals surface area contributed by atoms with Crippen molar-refractivity contribution in [1.82, 2.24) is 25.1 Å². The number of ether oxygens (including phenoxy) is 1. The highest BCUT2D eigenvalue weighted by Gasteiger charge is 2.48. The van der Waals surface area contributed by atoms with Gasteiger partial charge in [0.15, 0.2) is 6.23 Å². The van der Waals surface area contributed by atoms with E-state index in [2.05, 4.69) is 51.9 Å². The molecule has 10 nitrogen and oxygen atoms in total. The first-order chi connectivity index (χ1) is 21.1. The lowest BCUT2D eigenvalue weighted by Gasteiger charge is -2.52. The topological polar surface area (TPSA) is 103 Å². The van der Waals surface area contributed by atoms with E-state index in [-0.39, 0.29) is 12.5 Å². The van der Waals surface area contributed by atoms with E-state index in [1.54, 1.807) is 26.4 Å². The number of hydrogen-bond acceptors (Lipinski definition) is 6. The summed E-state index contributed by atoms with van der Waals surface area (Å²) in [4.78, 5) is 28.7. The summed E-state index contributed by atoms with van der Waals surface area (Å²) < 4.78 is 26.5. The maximum Gasteiger partial charge on any atom is 0.362 e. The van der Waals surface area contributed by atoms with Gasteiger partial charge in [-0.15, -0.1) is 0 Å². The van der Waals surface area contributed by atoms with Crippen molar-refractivity contribution in [1.29, 1.82) is 0 Å². The van der Waals surface area contributed by atoms with Gasteiger partial charge in [-0.1, -0.05) is 91.0 Å². The summed E-state index contributed by atoms with van der Waals surface area (Å²) in [5.74, 6) is -0.268. The molecular weight excluding hydrogens is 601 g/mol. The SMILES string of the molecule is CC(=O)NC1C=CN(C2CN(C(c3ccccc3)(c3ccccc3)c3ccccc3)C[C@@H](CO[P@@](=O)(Cl)N(C)C)O2)C(=O)N1. The van der Waals surface area contributed by atoms with E-state index in [0.29, 0.717) is 13.1 Å². The zero-order valence-electron chi connectivity index (χ0n) is 24.9. The molecule has 4 atom stereocenters. The summed E-state index contributed by atoms with van der Waals surface area (Å²) in [5.41, 5.74) is 2.28. The largest absolute Gasteiger partial charge is 0.362 e. The third-order valence-electron chi connectivity index (χ3n) is 7.72. The van der Waals surface area contributed by atoms with E-state index in [9.17, 15) is 14.2 Å². The number of morpholine rings is 1. The summed E-state index contributed by atoms with van der Waals surface area (Å²) in [6.45, 7) is -1.60. The number of urea groups is 1. The molecule has 3 aromatic rings. The monoisotopic (exact) mass is 637 g/mol. The molecule has 1 saturated heterocycles. The van der Waals surface area contributed by atoms with Crippen LogP contribution in [0.3, 0.4) is 0 Å². The molecule has 0 bridgehead atoms. The van der Waals surface area contributed by atoms with Crippen LogP contribution in [0.4, 0.5) is 4.79 Å². The molecular formula is C32H37ClN5O5P. The zero-order valence-corrected chi connectivity index (χ0v) is 26.5. The number of carbonyl (C=O) groups excluding carboxylic acids is 2. The quantitative estimate of drug-likeness (QED) is 0.240. The van der Waals surface area contributed by atoms with Crippen molar-refractivity contribution >= 4 is 30.1 Å². The Labute approximate surface area is 262 Å². The van der Waals surface area contributed by atoms with Gasteiger partial charge in [0.25, 0.3) is 0 Å². The Morgan fingerprint density at radius 1 is 1.00 bits per heavy atom. The standard InChI is InChI=1S/C32H37ClN5O5P/c1-24(39)34-29-19-20-38(31(40)35-29)30-22-37(21-28(43-30)23-42-44(33,41)36(2)3)32(25-13-7-4-8-14-25,26-15-9-5-10-16-26)27-17-11-6-12-18-27/h4-20,28-30H,21-23H2,1-3H3,(H,34,39)(H,35,40)/t28-,29?,30?,44-/m0/s1. The summed E-state index contributed by atoms with van der Waals surface area (Å²) in [7, 11) is 3.18. The molecule has 2 unspecified atom stereocenters. The second kappa shape index (κ2) is 13.6. The van der Waals surface area contributed by atoms with Gasteiger partial charge in [-0.2, -0.15) is 0 Å². The lowest BCUT2D eigenvalue weighted by molar-refractivity contribution is -0.152. The Hall–Kier alpha value is -3.50. The van der Waals surface area contributed by atoms with Crippen LogP contribution in [-0.2, 0) is 24.2 Å². The van der Waals surface area contributed by atoms with Crippen molar-refractivity contribution in [2.45, 2.75) is 31.0 Å². The Morgan fingerprint density at radius 3 is 1.98 bits per heavy atom. The van der Waals surface area contributed by atoms with E-state index in [0.717, 1.165) is 16.7 Å². The molecule has 0 radical (unpaired) electrons. The summed E-state index contributed by atoms with van der Waals surface area (Å²) in [5, 5.41) is 5.48. The number of hydrogen-bond donors (Lipinski definition) is 2. The first-order valence-electron chi connectivity index (χ1n) is 14.3. The van der Waals surface area contributed by atoms with Gasteiger partial charge in [0.1, 0.15) is 6.17 Å². The van der Waals surface area contributed by atoms with Gasteiger partial charge in [-0.3, -0.25) is 19.2 Å². The molecule has 0 aromatic heterocycles. The first-order valence-corrected chi connectivity index (χ1v) is 16.8. The van der Waals surface area contributed by atoms with Crippen LogP contribution >= 0.6 is 18.1 Å². The number of halogens is 1. The average Bonchev–Trinajstić information content (AvgIpc) is 3.02. The molecule has 44 heavy (non-hydrogen) atoms. The number of benzene rings is 3. The lowest BCUT2D eigenvalue weighted by Crippen LogP contribution is -2.64. The molecule has 5 rings (SSSR count). The molecule has 2 aliphatic rings. The highest BCUT2D eigenvalue weighted by molar-refractivity contribution is 7.83. The summed E-state index contributed by atoms with van der Waals surface area (Å²) in [6.07, 6.45) is 1.28. The minimum absolute atomic E-state index is 0.0753. The third-order valence-corrected chi connectivity index (χ3v) is 10.3. The van der Waals surface area contributed by atoms with E-state index in [4.69, 9.17) is 20.5 Å². The predicted molar refractivity (Wildman–Crippen MR) is 170 cm³/mol. The van der Waals surface area contributed by atoms with Crippen molar-refractivity contribution in [3.05, 3.63) is 120 Å². The van der Waals surface area contributed by atoms with Crippen molar-refractivity contribution in [3.63, 3.8) is 0 Å². The van der Waals surface area contributed by atoms with Crippen molar-refractivity contribution in [2.24, 2.45) is 0 Å². The second-order valence-corrected chi connectivity index (χ2v) is 14.1. The van der Waals surface area contributed by atoms with Gasteiger partial charge < -0.3 is 19.9 Å². The van der Waals surface area contributed by atoms with Crippen LogP contribution in [-0.4, -0.2) is 78.7 Å². The predicted octanol–water partition coefficient (Wildman–Crippen LogP) is 4.93. The molecule has 3 amide bonds. The Bertz CT molecular complexity index is 1410. The fraction of sp³-hybridized carbons (Fsp3) is 0.312. The minimum Gasteiger partial charge on any atom is -0.350 e. The Kier molecular flexibility index (Phi) is 9.90. The van der Waals surface area contributed by atoms with Gasteiger partial charge in [0.2, 0.25) is 5.91 Å². The fourth-order valence-electron chi connectivity index (χ4n) is 5.74. The number of nitrogens with one attached hydrogen (secondary N) is 2. The van der Waals surface area contributed by atoms with Crippen LogP contribution in [0.5, 0.6) is 0 Å². The number of rotatable bonds is 10. The Balaban J connectivity index is 1.62. The first kappa shape index (κ1) is 31.9. The molecule has 2 heterocycles. The van der Waals surface area contributed by atoms with Gasteiger partial charge in [-0.05, 0) is 48.1 Å². The Morgan fingerprint density at radius 2 is 1.52 bits per heavy atom. The molecule has 232 valence electrons. The molecule has 0 saturated carbocycles. The lowest BCUT2D eigenvalue weighted by atomic mass is 9.75. The summed E-state index contributed by atoms with van der Waals surface area (Å²) in [6, 6.07) is 30.2. The van der Waals surface area contributed by atoms with E-state index in [1.165, 1.54) is 16.5 Å². The maximum atomic E-state index is 13.4. The van der Waals surface area contributed by atoms with E-state index in [1.807, 2.05) is 54.6 Å². The molecule has 3 aromatic carbocycles. The van der Waals surface area contributed by atoms with E-state index >= 15 is 0 Å². The van der Waals surface area contributed by atoms with Crippen LogP contribution in [0.1, 0.15) is 23.6 Å². The van der Waals surface area contributed by atoms with E-state index < -0.39 is 36.9 Å². The molecule has 12 heteroatoms. The number of amides is 3. The highest BCUT2D eigenvalue weighted by atomic mass is 35.7. The smallest absolute Gasteiger partial charge is 0.350 e. The molecule has 1 fully saturated rings. The third kappa shape index (κ3) is 6.76. The second-order valence-electron chi connectivity index (χ2n) is 10.9. The average molecular weight is 638 g/mol. The highest BCUT2D eigenvalue weighted by Crippen LogP contribution is 2.54. The van der Waals surface area contributed by atoms with Crippen LogP contribution in [0.25, 0.3) is 0 Å². The van der Waals surface area contributed by atoms with Gasteiger partial charge in [-0.25, -0.2) is 9.46 Å². The van der Waals surface area contributed by atoms with Crippen LogP contribution < -0.4 is 10.6 Å². The fourth-order valence-corrected chi connectivity index (χ4v) is 6.50. The van der Waals surface area contributed by atoms with Crippen LogP contribution in [0.15, 0.2) is 103 Å². The van der Waals surface area contributed by atoms with Crippen molar-refractivity contribution in [2.75, 3.05) is 33.8 Å². The normalized spacial score (nSPS) is 22.3. The molecule has 0 aliphatic carbocycles. The van der Waals surface area contributed by atoms with Crippen LogP contribution in [0.2, 0.25) is 0 Å². The van der Waals surface area contributed by atoms with Gasteiger partial charge in [0, 0.05) is 26.2 Å². The van der Waals surface area contributed by atoms with Crippen molar-refractivity contribution in [3.8, 4) is 0 Å². The maximum absolute atomic E-state index is 13.4. The number of carbonyl (C=O) groups is 2. The van der Waals surface area contributed by atoms with Gasteiger partial charge in [0.05, 0.1) is 18.2 Å². The number of nitrogens with zero attached hydrogens (tertiary/aromatic N) is 3. The molecule has 2 N–H and O–H groups in total.